The Labute approximate surface area is 273 Å². The number of β-lactam (4-membered cyclic amide) rings is 1. The predicted octanol–water partition coefficient (Wildman–Crippen LogP) is -0.138. The summed E-state index contributed by atoms with van der Waals surface area (Å²) in [5.74, 6) is -4.49. The summed E-state index contributed by atoms with van der Waals surface area (Å²) in [6.45, 7) is -0.641. The normalized spacial score (nSPS) is 17.8. The third-order valence-corrected chi connectivity index (χ3v) is 9.44. The number of amides is 2. The number of aliphatic carboxylic acids is 2. The van der Waals surface area contributed by atoms with Crippen molar-refractivity contribution < 1.29 is 38.6 Å². The van der Waals surface area contributed by atoms with E-state index in [1.54, 1.807) is 6.07 Å². The molecule has 2 aliphatic heterocycles. The van der Waals surface area contributed by atoms with Gasteiger partial charge < -0.3 is 26.1 Å². The van der Waals surface area contributed by atoms with Crippen LogP contribution in [0, 0.1) is 5.82 Å². The van der Waals surface area contributed by atoms with Crippen molar-refractivity contribution in [3.8, 4) is 5.75 Å². The third kappa shape index (κ3) is 6.37. The second kappa shape index (κ2) is 12.8. The highest BCUT2D eigenvalue weighted by molar-refractivity contribution is 8.01. The molecule has 2 aliphatic rings. The molecule has 2 amide bonds. The topological polar surface area (TPSA) is 250 Å². The minimum atomic E-state index is -1.35. The van der Waals surface area contributed by atoms with Gasteiger partial charge in [0.2, 0.25) is 11.5 Å². The average Bonchev–Trinajstić information content (AvgIpc) is 3.60. The maximum Gasteiger partial charge on any atom is 0.367 e. The van der Waals surface area contributed by atoms with Crippen LogP contribution in [-0.4, -0.2) is 96.3 Å². The van der Waals surface area contributed by atoms with Gasteiger partial charge in [0, 0.05) is 23.0 Å². The van der Waals surface area contributed by atoms with Gasteiger partial charge in [-0.05, 0) is 42.0 Å². The summed E-state index contributed by atoms with van der Waals surface area (Å²) >= 11 is 3.12. The van der Waals surface area contributed by atoms with Crippen LogP contribution in [0.2, 0.25) is 0 Å². The number of carboxylic acids is 2. The van der Waals surface area contributed by atoms with Gasteiger partial charge in [-0.15, -0.1) is 28.6 Å². The Morgan fingerprint density at radius 2 is 1.91 bits per heavy atom. The van der Waals surface area contributed by atoms with Crippen molar-refractivity contribution in [2.24, 2.45) is 5.16 Å². The number of anilines is 1. The van der Waals surface area contributed by atoms with Crippen LogP contribution in [0.3, 0.4) is 0 Å². The van der Waals surface area contributed by atoms with Crippen LogP contribution in [0.1, 0.15) is 5.82 Å². The van der Waals surface area contributed by atoms with Crippen LogP contribution in [0.25, 0.3) is 5.65 Å². The van der Waals surface area contributed by atoms with Crippen molar-refractivity contribution >= 4 is 75.3 Å². The number of rotatable bonds is 11. The number of oxime groups is 1. The van der Waals surface area contributed by atoms with Gasteiger partial charge in [0.25, 0.3) is 11.8 Å². The Balaban J connectivity index is 1.17. The zero-order chi connectivity index (χ0) is 33.4. The minimum Gasteiger partial charge on any atom is -0.480 e. The lowest BCUT2D eigenvalue weighted by atomic mass is 10.0. The van der Waals surface area contributed by atoms with E-state index >= 15 is 0 Å². The van der Waals surface area contributed by atoms with Crippen molar-refractivity contribution in [3.63, 3.8) is 0 Å². The number of halogens is 1. The van der Waals surface area contributed by atoms with Crippen LogP contribution >= 0.6 is 35.1 Å². The van der Waals surface area contributed by atoms with Crippen molar-refractivity contribution in [2.75, 3.05) is 17.2 Å². The Morgan fingerprint density at radius 1 is 1.15 bits per heavy atom. The number of hydrogen-bond acceptors (Lipinski definition) is 15. The maximum atomic E-state index is 13.3. The number of benzene rings is 1. The van der Waals surface area contributed by atoms with Crippen molar-refractivity contribution in [1.82, 2.24) is 39.0 Å². The average molecular weight is 703 g/mol. The SMILES string of the molecule is Nc1nc(C(=NOc2ccc(F)cc2)C(=O)NC2C(=O)N3C(C(=O)O)=C(CSc4ccc5nn(CC(=O)O)c(=O)n5n4)CS[C@@H]23)ns1. The van der Waals surface area contributed by atoms with Gasteiger partial charge in [0.05, 0.1) is 0 Å². The number of aromatic nitrogens is 6. The molecule has 47 heavy (non-hydrogen) atoms. The van der Waals surface area contributed by atoms with Crippen LogP contribution in [0.4, 0.5) is 9.52 Å². The number of carboxylic acid groups (broad SMARTS) is 2. The molecule has 5 heterocycles. The quantitative estimate of drug-likeness (QED) is 0.0687. The first kappa shape index (κ1) is 31.6. The number of fused-ring (bicyclic) bond motifs is 2. The second-order valence-corrected chi connectivity index (χ2v) is 12.5. The van der Waals surface area contributed by atoms with E-state index in [-0.39, 0.29) is 39.6 Å². The molecule has 0 spiro atoms. The number of thioether (sulfide) groups is 2. The van der Waals surface area contributed by atoms with E-state index in [9.17, 15) is 33.5 Å². The summed E-state index contributed by atoms with van der Waals surface area (Å²) in [6.07, 6.45) is 0. The number of nitrogens with two attached hydrogens (primary N) is 1. The van der Waals surface area contributed by atoms with Gasteiger partial charge in [0.15, 0.2) is 16.5 Å². The van der Waals surface area contributed by atoms with Gasteiger partial charge in [0.1, 0.15) is 34.5 Å². The number of carbonyl (C=O) groups is 4. The Hall–Kier alpha value is -5.35. The molecule has 0 radical (unpaired) electrons. The van der Waals surface area contributed by atoms with Gasteiger partial charge >= 0.3 is 17.6 Å². The zero-order valence-electron chi connectivity index (χ0n) is 23.3. The molecule has 1 unspecified atom stereocenters. The van der Waals surface area contributed by atoms with E-state index in [4.69, 9.17) is 15.7 Å². The van der Waals surface area contributed by atoms with Gasteiger partial charge in [-0.1, -0.05) is 5.16 Å². The molecule has 18 nitrogen and oxygen atoms in total. The van der Waals surface area contributed by atoms with Crippen LogP contribution in [-0.2, 0) is 25.7 Å². The first-order chi connectivity index (χ1) is 22.5. The summed E-state index contributed by atoms with van der Waals surface area (Å²) in [5.41, 5.74) is 4.77. The molecule has 1 saturated heterocycles. The molecule has 0 bridgehead atoms. The molecule has 4 aromatic rings. The summed E-state index contributed by atoms with van der Waals surface area (Å²) in [7, 11) is 0. The summed E-state index contributed by atoms with van der Waals surface area (Å²) in [6, 6.07) is 6.70. The number of nitrogen functional groups attached to an aromatic ring is 1. The monoisotopic (exact) mass is 702 g/mol. The molecule has 1 fully saturated rings. The van der Waals surface area contributed by atoms with Crippen LogP contribution in [0.5, 0.6) is 5.75 Å². The first-order valence-corrected chi connectivity index (χ1v) is 15.9. The summed E-state index contributed by atoms with van der Waals surface area (Å²) < 4.78 is 18.9. The lowest BCUT2D eigenvalue weighted by Crippen LogP contribution is -2.71. The van der Waals surface area contributed by atoms with Gasteiger partial charge in [-0.2, -0.15) is 23.7 Å². The summed E-state index contributed by atoms with van der Waals surface area (Å²) in [4.78, 5) is 72.6. The number of nitrogens with one attached hydrogen (secondary N) is 1. The number of hydrogen-bond donors (Lipinski definition) is 4. The molecule has 2 atom stereocenters. The fourth-order valence-corrected chi connectivity index (χ4v) is 7.25. The minimum absolute atomic E-state index is 0.0353. The van der Waals surface area contributed by atoms with E-state index < -0.39 is 58.9 Å². The Morgan fingerprint density at radius 3 is 2.60 bits per heavy atom. The third-order valence-electron chi connectivity index (χ3n) is 6.56. The molecule has 6 rings (SSSR count). The van der Waals surface area contributed by atoms with Crippen molar-refractivity contribution in [3.05, 3.63) is 69.8 Å². The maximum absolute atomic E-state index is 13.3. The highest BCUT2D eigenvalue weighted by atomic mass is 32.2. The van der Waals surface area contributed by atoms with Gasteiger partial charge in [-0.3, -0.25) is 19.3 Å². The smallest absolute Gasteiger partial charge is 0.367 e. The highest BCUT2D eigenvalue weighted by Crippen LogP contribution is 2.41. The molecule has 0 saturated carbocycles. The highest BCUT2D eigenvalue weighted by Gasteiger charge is 2.54. The van der Waals surface area contributed by atoms with E-state index in [0.717, 1.165) is 49.5 Å². The number of carbonyl (C=O) groups excluding carboxylic acids is 2. The predicted molar refractivity (Wildman–Crippen MR) is 163 cm³/mol. The second-order valence-electron chi connectivity index (χ2n) is 9.62. The lowest BCUT2D eigenvalue weighted by Gasteiger charge is -2.49. The molecular formula is C25H19FN10O8S3. The standard InChI is InChI=1S/C25H19FN10O8S3/c26-11-1-3-12(4-2-11)44-32-16(19-29-24(27)47-33-19)20(39)28-17-21(40)35-18(23(41)42)10(9-46-22(17)35)8-45-14-6-5-13-30-34(7-15(37)38)25(43)36(13)31-14/h1-6,17,22H,7-9H2,(H,28,39)(H,37,38)(H,41,42)(H2,27,29,33)/t17?,22-/m0/s1. The largest absolute Gasteiger partial charge is 0.480 e. The fourth-order valence-electron chi connectivity index (χ4n) is 4.47. The van der Waals surface area contributed by atoms with Gasteiger partial charge in [-0.25, -0.2) is 14.0 Å². The molecule has 1 aromatic carbocycles. The molecule has 22 heteroatoms. The van der Waals surface area contributed by atoms with E-state index in [1.165, 1.54) is 30.0 Å². The molecule has 5 N–H and O–H groups in total. The lowest BCUT2D eigenvalue weighted by molar-refractivity contribution is -0.150. The molecule has 0 aliphatic carbocycles. The van der Waals surface area contributed by atoms with Crippen LogP contribution in [0.15, 0.2) is 62.6 Å². The molecular weight excluding hydrogens is 684 g/mol. The van der Waals surface area contributed by atoms with Crippen molar-refractivity contribution in [1.29, 1.82) is 0 Å². The Kier molecular flexibility index (Phi) is 8.62. The van der Waals surface area contributed by atoms with E-state index in [1.807, 2.05) is 0 Å². The summed E-state index contributed by atoms with van der Waals surface area (Å²) in [5, 5.41) is 33.0. The zero-order valence-corrected chi connectivity index (χ0v) is 25.8. The Bertz CT molecular complexity index is 2060. The van der Waals surface area contributed by atoms with Crippen molar-refractivity contribution in [2.45, 2.75) is 23.0 Å². The molecule has 3 aromatic heterocycles. The molecule has 242 valence electrons. The van der Waals surface area contributed by atoms with Crippen LogP contribution < -0.4 is 21.6 Å². The van der Waals surface area contributed by atoms with E-state index in [2.05, 4.69) is 30.0 Å². The van der Waals surface area contributed by atoms with E-state index in [0.29, 0.717) is 10.6 Å². The fraction of sp³-hybridized carbons (Fsp3) is 0.200. The number of nitrogens with zero attached hydrogens (tertiary/aromatic N) is 8. The first-order valence-electron chi connectivity index (χ1n) is 13.1.